The van der Waals surface area contributed by atoms with Crippen molar-refractivity contribution in [3.63, 3.8) is 0 Å². The number of benzene rings is 2. The van der Waals surface area contributed by atoms with Gasteiger partial charge in [-0.05, 0) is 37.1 Å². The molecule has 0 bridgehead atoms. The number of amides is 3. The van der Waals surface area contributed by atoms with Crippen molar-refractivity contribution in [2.75, 3.05) is 10.6 Å². The Morgan fingerprint density at radius 1 is 1.00 bits per heavy atom. The van der Waals surface area contributed by atoms with Crippen LogP contribution < -0.4 is 16.0 Å². The number of nitrogens with one attached hydrogen (secondary N) is 3. The molecule has 26 heavy (non-hydrogen) atoms. The van der Waals surface area contributed by atoms with E-state index in [1.54, 1.807) is 42.5 Å². The Bertz CT molecular complexity index is 831. The lowest BCUT2D eigenvalue weighted by Crippen LogP contribution is -2.30. The Morgan fingerprint density at radius 2 is 1.62 bits per heavy atom. The van der Waals surface area contributed by atoms with Crippen LogP contribution in [0.1, 0.15) is 18.4 Å². The number of anilines is 2. The van der Waals surface area contributed by atoms with Gasteiger partial charge < -0.3 is 16.0 Å². The molecule has 0 aliphatic heterocycles. The number of nitro benzene ring substituents is 1. The third-order valence-corrected chi connectivity index (χ3v) is 3.88. The predicted octanol–water partition coefficient (Wildman–Crippen LogP) is 3.06. The molecule has 0 aromatic heterocycles. The number of urea groups is 1. The molecule has 0 spiro atoms. The van der Waals surface area contributed by atoms with Crippen LogP contribution in [0.5, 0.6) is 0 Å². The minimum absolute atomic E-state index is 0.0797. The number of hydrogen-bond acceptors (Lipinski definition) is 4. The molecule has 2 aromatic carbocycles. The van der Waals surface area contributed by atoms with E-state index in [0.717, 1.165) is 12.8 Å². The Hall–Kier alpha value is -3.42. The highest BCUT2D eigenvalue weighted by atomic mass is 16.6. The third-order valence-electron chi connectivity index (χ3n) is 3.88. The van der Waals surface area contributed by atoms with Gasteiger partial charge in [0.25, 0.3) is 5.69 Å². The maximum Gasteiger partial charge on any atom is 0.319 e. The zero-order valence-corrected chi connectivity index (χ0v) is 13.9. The smallest absolute Gasteiger partial charge is 0.319 e. The molecule has 3 rings (SSSR count). The zero-order chi connectivity index (χ0) is 18.5. The van der Waals surface area contributed by atoms with Crippen LogP contribution >= 0.6 is 0 Å². The number of nitrogens with zero attached hydrogens (tertiary/aromatic N) is 1. The average molecular weight is 354 g/mol. The quantitative estimate of drug-likeness (QED) is 0.546. The van der Waals surface area contributed by atoms with Gasteiger partial charge >= 0.3 is 6.03 Å². The van der Waals surface area contributed by atoms with Crippen LogP contribution in [-0.2, 0) is 11.2 Å². The standard InChI is InChI=1S/C18H18N4O4/c23-17(11-12-3-1-2-4-16(12)22(25)26)19-13-5-7-14(8-6-13)20-18(24)21-15-9-10-15/h1-8,15H,9-11H2,(H,19,23)(H2,20,21,24). The molecule has 0 saturated heterocycles. The summed E-state index contributed by atoms with van der Waals surface area (Å²) in [5, 5.41) is 19.2. The molecule has 3 N–H and O–H groups in total. The fourth-order valence-corrected chi connectivity index (χ4v) is 2.43. The molecule has 134 valence electrons. The van der Waals surface area contributed by atoms with Crippen LogP contribution in [0.3, 0.4) is 0 Å². The van der Waals surface area contributed by atoms with Crippen molar-refractivity contribution in [3.05, 3.63) is 64.2 Å². The fraction of sp³-hybridized carbons (Fsp3) is 0.222. The molecule has 8 heteroatoms. The summed E-state index contributed by atoms with van der Waals surface area (Å²) in [6.07, 6.45) is 1.93. The van der Waals surface area contributed by atoms with Crippen molar-refractivity contribution >= 4 is 29.0 Å². The second-order valence-electron chi connectivity index (χ2n) is 6.06. The lowest BCUT2D eigenvalue weighted by atomic mass is 10.1. The fourth-order valence-electron chi connectivity index (χ4n) is 2.43. The summed E-state index contributed by atoms with van der Waals surface area (Å²) >= 11 is 0. The Kier molecular flexibility index (Phi) is 5.12. The molecule has 0 unspecified atom stereocenters. The summed E-state index contributed by atoms with van der Waals surface area (Å²) in [4.78, 5) is 34.3. The molecule has 0 atom stereocenters. The number of nitro groups is 1. The van der Waals surface area contributed by atoms with Gasteiger partial charge in [-0.2, -0.15) is 0 Å². The lowest BCUT2D eigenvalue weighted by Gasteiger charge is -2.09. The number of carbonyl (C=O) groups excluding carboxylic acids is 2. The van der Waals surface area contributed by atoms with Gasteiger partial charge in [0.1, 0.15) is 0 Å². The van der Waals surface area contributed by atoms with Crippen molar-refractivity contribution in [1.29, 1.82) is 0 Å². The topological polar surface area (TPSA) is 113 Å². The van der Waals surface area contributed by atoms with Crippen LogP contribution in [0.4, 0.5) is 21.9 Å². The monoisotopic (exact) mass is 354 g/mol. The molecule has 1 aliphatic carbocycles. The molecule has 8 nitrogen and oxygen atoms in total. The number of hydrogen-bond donors (Lipinski definition) is 3. The molecule has 1 saturated carbocycles. The van der Waals surface area contributed by atoms with Crippen molar-refractivity contribution in [1.82, 2.24) is 5.32 Å². The first-order valence-electron chi connectivity index (χ1n) is 8.21. The normalized spacial score (nSPS) is 12.9. The van der Waals surface area contributed by atoms with Crippen LogP contribution in [0.15, 0.2) is 48.5 Å². The summed E-state index contributed by atoms with van der Waals surface area (Å²) in [5.41, 5.74) is 1.43. The molecular formula is C18H18N4O4. The highest BCUT2D eigenvalue weighted by Gasteiger charge is 2.23. The first-order chi connectivity index (χ1) is 12.5. The van der Waals surface area contributed by atoms with E-state index >= 15 is 0 Å². The molecule has 0 radical (unpaired) electrons. The maximum absolute atomic E-state index is 12.1. The van der Waals surface area contributed by atoms with Gasteiger partial charge in [-0.15, -0.1) is 0 Å². The molecule has 0 heterocycles. The van der Waals surface area contributed by atoms with Crippen LogP contribution in [0, 0.1) is 10.1 Å². The van der Waals surface area contributed by atoms with E-state index in [1.807, 2.05) is 0 Å². The van der Waals surface area contributed by atoms with Gasteiger partial charge in [0.2, 0.25) is 5.91 Å². The maximum atomic E-state index is 12.1. The largest absolute Gasteiger partial charge is 0.335 e. The van der Waals surface area contributed by atoms with Gasteiger partial charge in [-0.1, -0.05) is 18.2 Å². The molecule has 2 aromatic rings. The molecular weight excluding hydrogens is 336 g/mol. The molecule has 3 amide bonds. The minimum Gasteiger partial charge on any atom is -0.335 e. The summed E-state index contributed by atoms with van der Waals surface area (Å²) in [6.45, 7) is 0. The van der Waals surface area contributed by atoms with E-state index in [-0.39, 0.29) is 30.1 Å². The Balaban J connectivity index is 1.56. The first kappa shape index (κ1) is 17.4. The zero-order valence-electron chi connectivity index (χ0n) is 13.9. The van der Waals surface area contributed by atoms with E-state index in [4.69, 9.17) is 0 Å². The molecule has 1 aliphatic rings. The van der Waals surface area contributed by atoms with Gasteiger partial charge in [0.05, 0.1) is 11.3 Å². The van der Waals surface area contributed by atoms with E-state index in [9.17, 15) is 19.7 Å². The second kappa shape index (κ2) is 7.64. The summed E-state index contributed by atoms with van der Waals surface area (Å²) in [5.74, 6) is -0.355. The summed E-state index contributed by atoms with van der Waals surface area (Å²) in [7, 11) is 0. The van der Waals surface area contributed by atoms with Crippen LogP contribution in [0.2, 0.25) is 0 Å². The van der Waals surface area contributed by atoms with E-state index < -0.39 is 4.92 Å². The number of rotatable bonds is 6. The highest BCUT2D eigenvalue weighted by Crippen LogP contribution is 2.20. The van der Waals surface area contributed by atoms with Gasteiger partial charge in [-0.25, -0.2) is 4.79 Å². The number of carbonyl (C=O) groups is 2. The van der Waals surface area contributed by atoms with Crippen LogP contribution in [0.25, 0.3) is 0 Å². The van der Waals surface area contributed by atoms with E-state index in [2.05, 4.69) is 16.0 Å². The Morgan fingerprint density at radius 3 is 2.23 bits per heavy atom. The van der Waals surface area contributed by atoms with Crippen molar-refractivity contribution in [3.8, 4) is 0 Å². The Labute approximate surface area is 149 Å². The predicted molar refractivity (Wildman–Crippen MR) is 97.0 cm³/mol. The van der Waals surface area contributed by atoms with Gasteiger partial charge in [-0.3, -0.25) is 14.9 Å². The molecule has 1 fully saturated rings. The average Bonchev–Trinajstić information content (AvgIpc) is 3.40. The summed E-state index contributed by atoms with van der Waals surface area (Å²) < 4.78 is 0. The SMILES string of the molecule is O=C(Cc1ccccc1[N+](=O)[O-])Nc1ccc(NC(=O)NC2CC2)cc1. The third kappa shape index (κ3) is 4.79. The highest BCUT2D eigenvalue weighted by molar-refractivity contribution is 5.94. The van der Waals surface area contributed by atoms with Gasteiger partial charge in [0, 0.05) is 29.0 Å². The summed E-state index contributed by atoms with van der Waals surface area (Å²) in [6, 6.07) is 12.8. The lowest BCUT2D eigenvalue weighted by molar-refractivity contribution is -0.385. The van der Waals surface area contributed by atoms with Gasteiger partial charge in [0.15, 0.2) is 0 Å². The van der Waals surface area contributed by atoms with E-state index in [0.29, 0.717) is 16.9 Å². The van der Waals surface area contributed by atoms with Crippen molar-refractivity contribution < 1.29 is 14.5 Å². The van der Waals surface area contributed by atoms with Crippen molar-refractivity contribution in [2.24, 2.45) is 0 Å². The van der Waals surface area contributed by atoms with E-state index in [1.165, 1.54) is 6.07 Å². The van der Waals surface area contributed by atoms with Crippen LogP contribution in [-0.4, -0.2) is 22.9 Å². The second-order valence-corrected chi connectivity index (χ2v) is 6.06. The van der Waals surface area contributed by atoms with Crippen molar-refractivity contribution in [2.45, 2.75) is 25.3 Å². The number of para-hydroxylation sites is 1. The minimum atomic E-state index is -0.504. The first-order valence-corrected chi connectivity index (χ1v) is 8.21.